The van der Waals surface area contributed by atoms with Crippen LogP contribution < -0.4 is 10.7 Å². The Bertz CT molecular complexity index is 541. The molecule has 1 saturated heterocycles. The number of hydrogen-bond donors (Lipinski definition) is 4. The van der Waals surface area contributed by atoms with Crippen molar-refractivity contribution < 1.29 is 19.8 Å². The second kappa shape index (κ2) is 6.42. The molecule has 0 aromatic heterocycles. The monoisotopic (exact) mass is 294 g/mol. The molecule has 2 rings (SSSR count). The highest BCUT2D eigenvalue weighted by molar-refractivity contribution is 6.00. The molecule has 0 radical (unpaired) electrons. The lowest BCUT2D eigenvalue weighted by atomic mass is 10.1. The average molecular weight is 294 g/mol. The Morgan fingerprint density at radius 3 is 2.48 bits per heavy atom. The van der Waals surface area contributed by atoms with Gasteiger partial charge in [-0.3, -0.25) is 5.43 Å². The van der Waals surface area contributed by atoms with E-state index in [1.807, 2.05) is 7.05 Å². The number of rotatable bonds is 3. The smallest absolute Gasteiger partial charge is 0.337 e. The Morgan fingerprint density at radius 2 is 1.86 bits per heavy atom. The summed E-state index contributed by atoms with van der Waals surface area (Å²) in [6.07, 6.45) is 0. The molecule has 0 atom stereocenters. The Kier molecular flexibility index (Phi) is 4.61. The summed E-state index contributed by atoms with van der Waals surface area (Å²) in [4.78, 5) is 25.1. The predicted molar refractivity (Wildman–Crippen MR) is 76.3 cm³/mol. The van der Waals surface area contributed by atoms with Crippen LogP contribution in [0.3, 0.4) is 0 Å². The summed E-state index contributed by atoms with van der Waals surface area (Å²) in [5.74, 6) is -1.39. The molecule has 0 unspecified atom stereocenters. The van der Waals surface area contributed by atoms with Gasteiger partial charge in [0, 0.05) is 26.2 Å². The predicted octanol–water partition coefficient (Wildman–Crippen LogP) is 0.374. The number of amides is 2. The summed E-state index contributed by atoms with van der Waals surface area (Å²) >= 11 is 0. The molecule has 1 aromatic carbocycles. The molecule has 1 aliphatic heterocycles. The van der Waals surface area contributed by atoms with E-state index in [0.717, 1.165) is 19.2 Å². The molecule has 114 valence electrons. The van der Waals surface area contributed by atoms with Crippen LogP contribution >= 0.6 is 0 Å². The fourth-order valence-corrected chi connectivity index (χ4v) is 2.03. The lowest BCUT2D eigenvalue weighted by Crippen LogP contribution is -2.53. The second-order valence-electron chi connectivity index (χ2n) is 4.89. The number of likely N-dealkylation sites (N-methyl/N-ethyl adjacent to an activating group) is 1. The standard InChI is InChI=1S/C13H18N4O4/c1-16-4-6-17(7-5-16)15-13(21)14-11-3-2-9(18)8-10(11)12(19)20/h2-3,8,18H,4-7H2,1H3,(H,19,20)(H2,14,15,21). The zero-order valence-electron chi connectivity index (χ0n) is 11.7. The van der Waals surface area contributed by atoms with Crippen LogP contribution in [0.4, 0.5) is 10.5 Å². The van der Waals surface area contributed by atoms with Crippen LogP contribution in [0.5, 0.6) is 5.75 Å². The van der Waals surface area contributed by atoms with Gasteiger partial charge in [-0.15, -0.1) is 0 Å². The normalized spacial score (nSPS) is 16.4. The van der Waals surface area contributed by atoms with Gasteiger partial charge in [-0.1, -0.05) is 0 Å². The lowest BCUT2D eigenvalue weighted by molar-refractivity contribution is 0.0697. The molecule has 0 aliphatic carbocycles. The van der Waals surface area contributed by atoms with E-state index in [-0.39, 0.29) is 17.0 Å². The van der Waals surface area contributed by atoms with Gasteiger partial charge in [-0.25, -0.2) is 14.6 Å². The number of carbonyl (C=O) groups is 2. The highest BCUT2D eigenvalue weighted by atomic mass is 16.4. The van der Waals surface area contributed by atoms with Gasteiger partial charge in [-0.2, -0.15) is 0 Å². The van der Waals surface area contributed by atoms with E-state index in [4.69, 9.17) is 5.11 Å². The maximum atomic E-state index is 11.9. The maximum absolute atomic E-state index is 11.9. The topological polar surface area (TPSA) is 105 Å². The third kappa shape index (κ3) is 4.07. The number of nitrogens with one attached hydrogen (secondary N) is 2. The van der Waals surface area contributed by atoms with Gasteiger partial charge in [0.25, 0.3) is 0 Å². The zero-order valence-corrected chi connectivity index (χ0v) is 11.7. The van der Waals surface area contributed by atoms with Crippen molar-refractivity contribution in [2.24, 2.45) is 0 Å². The van der Waals surface area contributed by atoms with Crippen molar-refractivity contribution in [1.29, 1.82) is 0 Å². The quantitative estimate of drug-likeness (QED) is 0.601. The van der Waals surface area contributed by atoms with Gasteiger partial charge in [0.1, 0.15) is 5.75 Å². The third-order valence-electron chi connectivity index (χ3n) is 3.24. The molecule has 0 spiro atoms. The number of urea groups is 1. The van der Waals surface area contributed by atoms with E-state index in [0.29, 0.717) is 13.1 Å². The Balaban J connectivity index is 1.98. The van der Waals surface area contributed by atoms with E-state index in [9.17, 15) is 14.7 Å². The molecule has 4 N–H and O–H groups in total. The first-order valence-electron chi connectivity index (χ1n) is 6.53. The maximum Gasteiger partial charge on any atom is 0.337 e. The number of benzene rings is 1. The molecular formula is C13H18N4O4. The Morgan fingerprint density at radius 1 is 1.19 bits per heavy atom. The molecule has 8 heteroatoms. The van der Waals surface area contributed by atoms with E-state index in [2.05, 4.69) is 15.6 Å². The molecule has 0 bridgehead atoms. The van der Waals surface area contributed by atoms with Gasteiger partial charge >= 0.3 is 12.0 Å². The molecule has 2 amide bonds. The van der Waals surface area contributed by atoms with E-state index >= 15 is 0 Å². The first-order valence-corrected chi connectivity index (χ1v) is 6.53. The van der Waals surface area contributed by atoms with Crippen LogP contribution in [-0.4, -0.2) is 65.3 Å². The molecule has 0 saturated carbocycles. The van der Waals surface area contributed by atoms with Crippen molar-refractivity contribution in [2.45, 2.75) is 0 Å². The highest BCUT2D eigenvalue weighted by Crippen LogP contribution is 2.21. The van der Waals surface area contributed by atoms with Gasteiger partial charge in [0.05, 0.1) is 11.3 Å². The minimum Gasteiger partial charge on any atom is -0.508 e. The van der Waals surface area contributed by atoms with Crippen LogP contribution in [0.25, 0.3) is 0 Å². The van der Waals surface area contributed by atoms with Crippen molar-refractivity contribution >= 4 is 17.7 Å². The van der Waals surface area contributed by atoms with E-state index in [1.165, 1.54) is 12.1 Å². The van der Waals surface area contributed by atoms with Gasteiger partial charge < -0.3 is 20.4 Å². The summed E-state index contributed by atoms with van der Waals surface area (Å²) in [5.41, 5.74) is 2.64. The summed E-state index contributed by atoms with van der Waals surface area (Å²) in [5, 5.41) is 22.6. The average Bonchev–Trinajstić information content (AvgIpc) is 2.43. The number of hydrazine groups is 1. The first-order chi connectivity index (χ1) is 9.95. The largest absolute Gasteiger partial charge is 0.508 e. The number of nitrogens with zero attached hydrogens (tertiary/aromatic N) is 2. The fourth-order valence-electron chi connectivity index (χ4n) is 2.03. The molecule has 1 heterocycles. The number of aromatic carboxylic acids is 1. The van der Waals surface area contributed by atoms with Gasteiger partial charge in [0.15, 0.2) is 0 Å². The number of carbonyl (C=O) groups excluding carboxylic acids is 1. The van der Waals surface area contributed by atoms with E-state index < -0.39 is 12.0 Å². The third-order valence-corrected chi connectivity index (χ3v) is 3.24. The van der Waals surface area contributed by atoms with Gasteiger partial charge in [-0.05, 0) is 25.2 Å². The second-order valence-corrected chi connectivity index (χ2v) is 4.89. The summed E-state index contributed by atoms with van der Waals surface area (Å²) in [6.45, 7) is 3.09. The first kappa shape index (κ1) is 15.1. The number of piperazine rings is 1. The SMILES string of the molecule is CN1CCN(NC(=O)Nc2ccc(O)cc2C(=O)O)CC1. The number of phenolic OH excluding ortho intramolecular Hbond substituents is 1. The molecule has 1 aliphatic rings. The van der Waals surface area contributed by atoms with Crippen LogP contribution in [0, 0.1) is 0 Å². The molecule has 1 fully saturated rings. The summed E-state index contributed by atoms with van der Waals surface area (Å²) < 4.78 is 0. The Labute approximate surface area is 121 Å². The minimum absolute atomic E-state index is 0.131. The van der Waals surface area contributed by atoms with Crippen LogP contribution in [0.15, 0.2) is 18.2 Å². The van der Waals surface area contributed by atoms with Crippen molar-refractivity contribution in [3.05, 3.63) is 23.8 Å². The number of aromatic hydroxyl groups is 1. The van der Waals surface area contributed by atoms with E-state index in [1.54, 1.807) is 5.01 Å². The molecule has 1 aromatic rings. The lowest BCUT2D eigenvalue weighted by Gasteiger charge is -2.32. The summed E-state index contributed by atoms with van der Waals surface area (Å²) in [6, 6.07) is 3.25. The number of anilines is 1. The van der Waals surface area contributed by atoms with Crippen LogP contribution in [0.2, 0.25) is 0 Å². The number of hydrogen-bond acceptors (Lipinski definition) is 5. The number of carboxylic acid groups (broad SMARTS) is 1. The number of phenols is 1. The van der Waals surface area contributed by atoms with Crippen molar-refractivity contribution in [3.8, 4) is 5.75 Å². The minimum atomic E-state index is -1.22. The van der Waals surface area contributed by atoms with Crippen molar-refractivity contribution in [2.75, 3.05) is 38.5 Å². The van der Waals surface area contributed by atoms with Crippen molar-refractivity contribution in [1.82, 2.24) is 15.3 Å². The molecule has 8 nitrogen and oxygen atoms in total. The molecule has 21 heavy (non-hydrogen) atoms. The highest BCUT2D eigenvalue weighted by Gasteiger charge is 2.17. The van der Waals surface area contributed by atoms with Crippen LogP contribution in [0.1, 0.15) is 10.4 Å². The van der Waals surface area contributed by atoms with Crippen LogP contribution in [-0.2, 0) is 0 Å². The zero-order chi connectivity index (χ0) is 15.4. The Hall–Kier alpha value is -2.32. The number of carboxylic acids is 1. The molecular weight excluding hydrogens is 276 g/mol. The fraction of sp³-hybridized carbons (Fsp3) is 0.385. The van der Waals surface area contributed by atoms with Crippen molar-refractivity contribution in [3.63, 3.8) is 0 Å². The summed E-state index contributed by atoms with van der Waals surface area (Å²) in [7, 11) is 2.01. The van der Waals surface area contributed by atoms with Gasteiger partial charge in [0.2, 0.25) is 0 Å².